The molecule has 0 saturated carbocycles. The zero-order valence-corrected chi connectivity index (χ0v) is 9.68. The molecule has 14 heavy (non-hydrogen) atoms. The average molecular weight is 208 g/mol. The number of hydrogen-bond acceptors (Lipinski definition) is 1. The molecule has 0 unspecified atom stereocenters. The molecule has 0 radical (unpaired) electrons. The number of aromatic nitrogens is 1. The van der Waals surface area contributed by atoms with Crippen molar-refractivity contribution in [3.05, 3.63) is 24.4 Å². The summed E-state index contributed by atoms with van der Waals surface area (Å²) in [5.41, 5.74) is 7.99. The fraction of sp³-hybridized carbons (Fsp3) is 0.273. The Kier molecular flexibility index (Phi) is 2.19. The van der Waals surface area contributed by atoms with Crippen molar-refractivity contribution in [2.45, 2.75) is 4.90 Å². The van der Waals surface area contributed by atoms with Crippen molar-refractivity contribution in [1.82, 2.24) is 4.57 Å². The Bertz CT molecular complexity index is 471. The van der Waals surface area contributed by atoms with Crippen LogP contribution in [0.5, 0.6) is 0 Å². The summed E-state index contributed by atoms with van der Waals surface area (Å²) >= 11 is 0. The van der Waals surface area contributed by atoms with E-state index in [1.807, 2.05) is 13.2 Å². The van der Waals surface area contributed by atoms with Gasteiger partial charge in [0.05, 0.1) is 11.2 Å². The van der Waals surface area contributed by atoms with Crippen molar-refractivity contribution >= 4 is 27.5 Å². The fourth-order valence-corrected chi connectivity index (χ4v) is 2.43. The molecule has 2 nitrogen and oxygen atoms in total. The highest BCUT2D eigenvalue weighted by Gasteiger charge is 2.04. The number of benzene rings is 1. The number of nitrogen functional groups attached to an aromatic ring is 1. The van der Waals surface area contributed by atoms with Gasteiger partial charge < -0.3 is 10.3 Å². The molecule has 0 bridgehead atoms. The topological polar surface area (TPSA) is 30.9 Å². The molecule has 1 aromatic carbocycles. The molecule has 0 amide bonds. The van der Waals surface area contributed by atoms with Crippen molar-refractivity contribution in [3.8, 4) is 0 Å². The maximum atomic E-state index is 5.89. The number of nitrogens with zero attached hydrogens (tertiary/aromatic N) is 1. The van der Waals surface area contributed by atoms with E-state index < -0.39 is 0 Å². The first-order valence-electron chi connectivity index (χ1n) is 4.61. The molecule has 0 aliphatic heterocycles. The van der Waals surface area contributed by atoms with E-state index >= 15 is 0 Å². The van der Waals surface area contributed by atoms with Crippen LogP contribution in [0.1, 0.15) is 0 Å². The number of fused-ring (bicyclic) bond motifs is 1. The number of thiol groups is 1. The lowest BCUT2D eigenvalue weighted by atomic mass is 10.2. The smallest absolute Gasteiger partial charge is 0.0573 e. The Morgan fingerprint density at radius 2 is 2.00 bits per heavy atom. The van der Waals surface area contributed by atoms with Gasteiger partial charge in [-0.1, -0.05) is 0 Å². The molecular formula is C11H16N2S. The van der Waals surface area contributed by atoms with Crippen molar-refractivity contribution < 1.29 is 0 Å². The van der Waals surface area contributed by atoms with Crippen LogP contribution in [-0.2, 0) is 7.05 Å². The van der Waals surface area contributed by atoms with E-state index in [-0.39, 0.29) is 10.9 Å². The maximum Gasteiger partial charge on any atom is 0.0573 e. The van der Waals surface area contributed by atoms with Crippen molar-refractivity contribution in [2.24, 2.45) is 7.05 Å². The monoisotopic (exact) mass is 208 g/mol. The van der Waals surface area contributed by atoms with Crippen LogP contribution < -0.4 is 5.73 Å². The summed E-state index contributed by atoms with van der Waals surface area (Å²) in [6.45, 7) is 0. The fourth-order valence-electron chi connectivity index (χ4n) is 1.68. The van der Waals surface area contributed by atoms with Crippen LogP contribution >= 0.6 is 10.9 Å². The summed E-state index contributed by atoms with van der Waals surface area (Å²) in [6.07, 6.45) is 6.51. The number of hydrogen-bond donors (Lipinski definition) is 2. The van der Waals surface area contributed by atoms with E-state index in [0.29, 0.717) is 0 Å². The summed E-state index contributed by atoms with van der Waals surface area (Å²) in [5.74, 6) is 0. The molecule has 1 heterocycles. The zero-order chi connectivity index (χ0) is 10.3. The van der Waals surface area contributed by atoms with Crippen LogP contribution in [0.2, 0.25) is 0 Å². The minimum absolute atomic E-state index is 0.0261. The van der Waals surface area contributed by atoms with Gasteiger partial charge in [0.2, 0.25) is 0 Å². The molecule has 1 aromatic heterocycles. The first-order chi connectivity index (χ1) is 6.59. The van der Waals surface area contributed by atoms with Crippen molar-refractivity contribution in [3.63, 3.8) is 0 Å². The van der Waals surface area contributed by atoms with Gasteiger partial charge in [-0.2, -0.15) is 0 Å². The minimum atomic E-state index is -0.0261. The normalized spacial score (nSPS) is 12.1. The number of rotatable bonds is 1. The van der Waals surface area contributed by atoms with E-state index in [1.54, 1.807) is 0 Å². The Morgan fingerprint density at radius 1 is 1.29 bits per heavy atom. The SMILES string of the molecule is Cn1cc(N)c2ccc([SH](C)C)cc21. The van der Waals surface area contributed by atoms with Gasteiger partial charge >= 0.3 is 0 Å². The molecular weight excluding hydrogens is 192 g/mol. The third kappa shape index (κ3) is 1.38. The second-order valence-corrected chi connectivity index (χ2v) is 6.10. The molecule has 2 N–H and O–H groups in total. The highest BCUT2D eigenvalue weighted by Crippen LogP contribution is 2.32. The predicted octanol–water partition coefficient (Wildman–Crippen LogP) is 2.38. The Balaban J connectivity index is 2.71. The molecule has 0 atom stereocenters. The van der Waals surface area contributed by atoms with Gasteiger partial charge in [0.1, 0.15) is 0 Å². The third-order valence-corrected chi connectivity index (χ3v) is 3.83. The summed E-state index contributed by atoms with van der Waals surface area (Å²) in [7, 11) is 2.01. The summed E-state index contributed by atoms with van der Waals surface area (Å²) in [4.78, 5) is 1.42. The van der Waals surface area contributed by atoms with Gasteiger partial charge in [-0.05, 0) is 35.6 Å². The minimum Gasteiger partial charge on any atom is -0.397 e. The number of nitrogens with two attached hydrogens (primary N) is 1. The summed E-state index contributed by atoms with van der Waals surface area (Å²) in [5, 5.41) is 1.16. The second-order valence-electron chi connectivity index (χ2n) is 3.79. The van der Waals surface area contributed by atoms with Crippen molar-refractivity contribution in [1.29, 1.82) is 0 Å². The van der Waals surface area contributed by atoms with E-state index in [2.05, 4.69) is 35.3 Å². The van der Waals surface area contributed by atoms with Crippen LogP contribution in [0.15, 0.2) is 29.3 Å². The van der Waals surface area contributed by atoms with Crippen LogP contribution in [0, 0.1) is 0 Å². The molecule has 0 aliphatic rings. The zero-order valence-electron chi connectivity index (χ0n) is 8.78. The lowest BCUT2D eigenvalue weighted by Crippen LogP contribution is -1.85. The van der Waals surface area contributed by atoms with E-state index in [0.717, 1.165) is 11.1 Å². The third-order valence-electron chi connectivity index (χ3n) is 2.52. The first-order valence-corrected chi connectivity index (χ1v) is 6.85. The molecule has 0 aliphatic carbocycles. The second kappa shape index (κ2) is 3.24. The lowest BCUT2D eigenvalue weighted by molar-refractivity contribution is 0.968. The lowest BCUT2D eigenvalue weighted by Gasteiger charge is -2.09. The molecule has 0 fully saturated rings. The van der Waals surface area contributed by atoms with E-state index in [4.69, 9.17) is 5.73 Å². The summed E-state index contributed by atoms with van der Waals surface area (Å²) < 4.78 is 2.09. The van der Waals surface area contributed by atoms with Gasteiger partial charge in [-0.25, -0.2) is 10.9 Å². The van der Waals surface area contributed by atoms with Gasteiger partial charge in [0, 0.05) is 18.6 Å². The van der Waals surface area contributed by atoms with E-state index in [9.17, 15) is 0 Å². The highest BCUT2D eigenvalue weighted by molar-refractivity contribution is 8.15. The van der Waals surface area contributed by atoms with Gasteiger partial charge in [-0.15, -0.1) is 0 Å². The number of anilines is 1. The molecule has 0 saturated heterocycles. The van der Waals surface area contributed by atoms with E-state index in [1.165, 1.54) is 10.4 Å². The first kappa shape index (κ1) is 9.46. The van der Waals surface area contributed by atoms with Crippen LogP contribution in [0.25, 0.3) is 10.9 Å². The largest absolute Gasteiger partial charge is 0.397 e. The highest BCUT2D eigenvalue weighted by atomic mass is 32.2. The van der Waals surface area contributed by atoms with Crippen LogP contribution in [0.3, 0.4) is 0 Å². The Morgan fingerprint density at radius 3 is 2.64 bits per heavy atom. The molecule has 2 aromatic rings. The van der Waals surface area contributed by atoms with Gasteiger partial charge in [0.25, 0.3) is 0 Å². The van der Waals surface area contributed by atoms with Gasteiger partial charge in [-0.3, -0.25) is 0 Å². The maximum absolute atomic E-state index is 5.89. The molecule has 76 valence electrons. The average Bonchev–Trinajstić information content (AvgIpc) is 2.42. The quantitative estimate of drug-likeness (QED) is 0.693. The van der Waals surface area contributed by atoms with Crippen LogP contribution in [0.4, 0.5) is 5.69 Å². The Labute approximate surface area is 87.1 Å². The van der Waals surface area contributed by atoms with Crippen LogP contribution in [-0.4, -0.2) is 17.1 Å². The Hall–Kier alpha value is -1.09. The summed E-state index contributed by atoms with van der Waals surface area (Å²) in [6, 6.07) is 6.56. The molecule has 2 rings (SSSR count). The predicted molar refractivity (Wildman–Crippen MR) is 66.4 cm³/mol. The van der Waals surface area contributed by atoms with Crippen molar-refractivity contribution in [2.75, 3.05) is 18.2 Å². The molecule has 0 spiro atoms. The number of aryl methyl sites for hydroxylation is 1. The standard InChI is InChI=1S/C11H16N2S/c1-13-7-10(12)9-5-4-8(14(2)3)6-11(9)13/h4-7,14H,12H2,1-3H3. The van der Waals surface area contributed by atoms with Gasteiger partial charge in [0.15, 0.2) is 0 Å². The molecule has 3 heteroatoms.